The first kappa shape index (κ1) is 15.3. The summed E-state index contributed by atoms with van der Waals surface area (Å²) in [4.78, 5) is 2.93. The molecule has 1 rings (SSSR count). The van der Waals surface area contributed by atoms with E-state index in [0.29, 0.717) is 0 Å². The van der Waals surface area contributed by atoms with Gasteiger partial charge in [-0.15, -0.1) is 13.2 Å². The molecule has 0 aliphatic rings. The number of ether oxygens (including phenoxy) is 1. The third-order valence-corrected chi connectivity index (χ3v) is 2.93. The van der Waals surface area contributed by atoms with Crippen molar-refractivity contribution in [2.24, 2.45) is 5.73 Å². The molecule has 0 aliphatic carbocycles. The molecule has 0 amide bonds. The largest absolute Gasteiger partial charge is 0.573 e. The lowest BCUT2D eigenvalue weighted by Crippen LogP contribution is -2.22. The normalized spacial score (nSPS) is 12.7. The van der Waals surface area contributed by atoms with E-state index in [2.05, 4.69) is 9.72 Å². The molecule has 2 N–H and O–H groups in total. The summed E-state index contributed by atoms with van der Waals surface area (Å²) in [5, 5.41) is 0. The Morgan fingerprint density at radius 3 is 2.17 bits per heavy atom. The lowest BCUT2D eigenvalue weighted by molar-refractivity contribution is -0.276. The number of nitrogens with zero attached hydrogens (tertiary/aromatic N) is 1. The molecule has 3 nitrogen and oxygen atoms in total. The quantitative estimate of drug-likeness (QED) is 0.628. The smallest absolute Gasteiger partial charge is 0.402 e. The van der Waals surface area contributed by atoms with Crippen molar-refractivity contribution in [2.75, 3.05) is 0 Å². The number of alkyl halides is 6. The van der Waals surface area contributed by atoms with Crippen molar-refractivity contribution in [3.05, 3.63) is 21.0 Å². The molecule has 1 aromatic heterocycles. The molecular weight excluding hydrogens is 381 g/mol. The third kappa shape index (κ3) is 3.60. The van der Waals surface area contributed by atoms with Crippen LogP contribution in [0.3, 0.4) is 0 Å². The summed E-state index contributed by atoms with van der Waals surface area (Å²) >= 11 is 1.30. The van der Waals surface area contributed by atoms with Gasteiger partial charge in [0.2, 0.25) is 0 Å². The highest BCUT2D eigenvalue weighted by Gasteiger charge is 2.42. The van der Waals surface area contributed by atoms with Crippen LogP contribution >= 0.6 is 22.6 Å². The molecule has 1 heterocycles. The van der Waals surface area contributed by atoms with E-state index in [4.69, 9.17) is 5.73 Å². The number of hydrogen-bond acceptors (Lipinski definition) is 3. The molecule has 0 atom stereocenters. The summed E-state index contributed by atoms with van der Waals surface area (Å²) in [5.41, 5.74) is 3.48. The molecule has 0 aromatic carbocycles. The number of pyridine rings is 1. The molecule has 0 bridgehead atoms. The van der Waals surface area contributed by atoms with Crippen molar-refractivity contribution in [2.45, 2.75) is 19.1 Å². The second kappa shape index (κ2) is 5.07. The first-order valence-electron chi connectivity index (χ1n) is 4.26. The zero-order chi connectivity index (χ0) is 14.1. The van der Waals surface area contributed by atoms with E-state index >= 15 is 0 Å². The van der Waals surface area contributed by atoms with Crippen LogP contribution in [0.2, 0.25) is 0 Å². The monoisotopic (exact) mass is 386 g/mol. The van der Waals surface area contributed by atoms with Crippen molar-refractivity contribution < 1.29 is 31.1 Å². The van der Waals surface area contributed by atoms with Crippen molar-refractivity contribution >= 4 is 22.6 Å². The zero-order valence-corrected chi connectivity index (χ0v) is 10.5. The molecule has 10 heteroatoms. The highest BCUT2D eigenvalue weighted by molar-refractivity contribution is 14.1. The summed E-state index contributed by atoms with van der Waals surface area (Å²) in [6.07, 6.45) is -9.52. The fraction of sp³-hybridized carbons (Fsp3) is 0.375. The van der Waals surface area contributed by atoms with Crippen LogP contribution in [0, 0.1) is 3.57 Å². The van der Waals surface area contributed by atoms with Gasteiger partial charge in [0.1, 0.15) is 0 Å². The molecular formula is C8H5F6IN2O. The number of halogens is 7. The molecule has 0 fully saturated rings. The van der Waals surface area contributed by atoms with Crippen LogP contribution in [0.5, 0.6) is 5.75 Å². The van der Waals surface area contributed by atoms with Crippen molar-refractivity contribution in [1.29, 1.82) is 0 Å². The van der Waals surface area contributed by atoms with Crippen LogP contribution in [0.4, 0.5) is 26.3 Å². The number of aromatic nitrogens is 1. The van der Waals surface area contributed by atoms with Gasteiger partial charge in [0.15, 0.2) is 11.4 Å². The van der Waals surface area contributed by atoms with Gasteiger partial charge in [0.05, 0.1) is 3.57 Å². The lowest BCUT2D eigenvalue weighted by Gasteiger charge is -2.17. The average molecular weight is 386 g/mol. The van der Waals surface area contributed by atoms with Gasteiger partial charge in [-0.3, -0.25) is 0 Å². The van der Waals surface area contributed by atoms with Crippen molar-refractivity contribution in [1.82, 2.24) is 4.98 Å². The molecule has 0 aliphatic heterocycles. The van der Waals surface area contributed by atoms with E-state index in [1.54, 1.807) is 0 Å². The van der Waals surface area contributed by atoms with E-state index in [1.165, 1.54) is 22.6 Å². The van der Waals surface area contributed by atoms with Crippen molar-refractivity contribution in [3.63, 3.8) is 0 Å². The topological polar surface area (TPSA) is 48.1 Å². The minimum absolute atomic E-state index is 0.0304. The maximum Gasteiger partial charge on any atom is 0.573 e. The van der Waals surface area contributed by atoms with E-state index in [1.807, 2.05) is 0 Å². The second-order valence-electron chi connectivity index (χ2n) is 3.02. The highest BCUT2D eigenvalue weighted by Crippen LogP contribution is 2.40. The first-order valence-corrected chi connectivity index (χ1v) is 5.34. The Hall–Kier alpha value is -0.780. The van der Waals surface area contributed by atoms with Gasteiger partial charge in [0, 0.05) is 18.3 Å². The van der Waals surface area contributed by atoms with Gasteiger partial charge in [-0.2, -0.15) is 13.2 Å². The molecule has 0 radical (unpaired) electrons. The van der Waals surface area contributed by atoms with Gasteiger partial charge in [-0.1, -0.05) is 0 Å². The van der Waals surface area contributed by atoms with Gasteiger partial charge in [-0.05, 0) is 22.6 Å². The fourth-order valence-corrected chi connectivity index (χ4v) is 1.79. The standard InChI is InChI=1S/C8H5F6IN2O/c9-7(10,11)6-5(18-8(12,13)14)4(15)3(1-16)2-17-6/h2H,1,16H2. The summed E-state index contributed by atoms with van der Waals surface area (Å²) in [6, 6.07) is 0. The summed E-state index contributed by atoms with van der Waals surface area (Å²) in [6.45, 7) is -0.252. The number of hydrogen-bond donors (Lipinski definition) is 1. The summed E-state index contributed by atoms with van der Waals surface area (Å²) in [7, 11) is 0. The van der Waals surface area contributed by atoms with Crippen LogP contribution in [-0.4, -0.2) is 11.3 Å². The molecule has 18 heavy (non-hydrogen) atoms. The van der Waals surface area contributed by atoms with Gasteiger partial charge in [0.25, 0.3) is 0 Å². The maximum atomic E-state index is 12.5. The molecule has 0 saturated carbocycles. The molecule has 0 spiro atoms. The molecule has 102 valence electrons. The Morgan fingerprint density at radius 2 is 1.78 bits per heavy atom. The Balaban J connectivity index is 3.41. The Morgan fingerprint density at radius 1 is 1.22 bits per heavy atom. The van der Waals surface area contributed by atoms with Gasteiger partial charge >= 0.3 is 12.5 Å². The van der Waals surface area contributed by atoms with Crippen molar-refractivity contribution in [3.8, 4) is 5.75 Å². The Bertz CT molecular complexity index is 444. The van der Waals surface area contributed by atoms with E-state index in [-0.39, 0.29) is 15.7 Å². The number of nitrogens with two attached hydrogens (primary N) is 1. The van der Waals surface area contributed by atoms with Crippen LogP contribution in [0.25, 0.3) is 0 Å². The molecule has 0 saturated heterocycles. The second-order valence-corrected chi connectivity index (χ2v) is 4.10. The molecule has 0 unspecified atom stereocenters. The number of rotatable bonds is 2. The zero-order valence-electron chi connectivity index (χ0n) is 8.36. The maximum absolute atomic E-state index is 12.5. The predicted molar refractivity (Wildman–Crippen MR) is 56.5 cm³/mol. The van der Waals surface area contributed by atoms with Gasteiger partial charge in [-0.25, -0.2) is 4.98 Å². The van der Waals surface area contributed by atoms with E-state index in [0.717, 1.165) is 6.20 Å². The minimum Gasteiger partial charge on any atom is -0.402 e. The lowest BCUT2D eigenvalue weighted by atomic mass is 10.2. The average Bonchev–Trinajstić information content (AvgIpc) is 2.17. The predicted octanol–water partition coefficient (Wildman–Crippen LogP) is 3.06. The minimum atomic E-state index is -5.24. The fourth-order valence-electron chi connectivity index (χ4n) is 1.06. The van der Waals surface area contributed by atoms with Crippen LogP contribution in [0.1, 0.15) is 11.3 Å². The third-order valence-electron chi connectivity index (χ3n) is 1.75. The highest BCUT2D eigenvalue weighted by atomic mass is 127. The first-order chi connectivity index (χ1) is 8.06. The van der Waals surface area contributed by atoms with Crippen LogP contribution < -0.4 is 10.5 Å². The van der Waals surface area contributed by atoms with E-state index < -0.39 is 24.0 Å². The van der Waals surface area contributed by atoms with Crippen LogP contribution in [-0.2, 0) is 12.7 Å². The molecule has 1 aromatic rings. The van der Waals surface area contributed by atoms with E-state index in [9.17, 15) is 26.3 Å². The van der Waals surface area contributed by atoms with Crippen LogP contribution in [0.15, 0.2) is 6.20 Å². The summed E-state index contributed by atoms with van der Waals surface area (Å²) in [5.74, 6) is -1.38. The van der Waals surface area contributed by atoms with Gasteiger partial charge < -0.3 is 10.5 Å². The summed E-state index contributed by atoms with van der Waals surface area (Å²) < 4.78 is 76.7. The Labute approximate surface area is 110 Å². The Kier molecular flexibility index (Phi) is 4.30. The SMILES string of the molecule is NCc1cnc(C(F)(F)F)c(OC(F)(F)F)c1I.